The minimum absolute atomic E-state index is 0.311. The summed E-state index contributed by atoms with van der Waals surface area (Å²) in [5.74, 6) is -0.738. The normalized spacial score (nSPS) is 17.7. The number of benzene rings is 1. The summed E-state index contributed by atoms with van der Waals surface area (Å²) in [5, 5.41) is 2.68. The van der Waals surface area contributed by atoms with Crippen LogP contribution < -0.4 is 4.72 Å². The number of aromatic nitrogens is 1. The topological polar surface area (TPSA) is 59.1 Å². The summed E-state index contributed by atoms with van der Waals surface area (Å²) in [6.07, 6.45) is 3.23. The SMILES string of the molecule is Cc1csc(C2(NS(=O)(=O)c3ccccc3F)CCCC2)n1. The van der Waals surface area contributed by atoms with Gasteiger partial charge in [0.25, 0.3) is 0 Å². The maximum atomic E-state index is 13.9. The van der Waals surface area contributed by atoms with E-state index >= 15 is 0 Å². The first-order chi connectivity index (χ1) is 10.4. The van der Waals surface area contributed by atoms with Crippen molar-refractivity contribution in [2.45, 2.75) is 43.0 Å². The van der Waals surface area contributed by atoms with Crippen LogP contribution in [0.15, 0.2) is 34.5 Å². The van der Waals surface area contributed by atoms with E-state index in [1.807, 2.05) is 12.3 Å². The lowest BCUT2D eigenvalue weighted by Crippen LogP contribution is -2.43. The highest BCUT2D eigenvalue weighted by Gasteiger charge is 2.42. The summed E-state index contributed by atoms with van der Waals surface area (Å²) < 4.78 is 41.8. The van der Waals surface area contributed by atoms with Crippen molar-refractivity contribution in [2.24, 2.45) is 0 Å². The fraction of sp³-hybridized carbons (Fsp3) is 0.400. The van der Waals surface area contributed by atoms with Crippen LogP contribution in [0.4, 0.5) is 4.39 Å². The van der Waals surface area contributed by atoms with Gasteiger partial charge in [0, 0.05) is 11.1 Å². The standard InChI is InChI=1S/C15H17FN2O2S2/c1-11-10-21-14(17-11)15(8-4-5-9-15)18-22(19,20)13-7-3-2-6-12(13)16/h2-3,6-7,10,18H,4-5,8-9H2,1H3. The van der Waals surface area contributed by atoms with Crippen LogP contribution in [0.3, 0.4) is 0 Å². The number of thiazole rings is 1. The molecule has 1 N–H and O–H groups in total. The monoisotopic (exact) mass is 340 g/mol. The fourth-order valence-corrected chi connectivity index (χ4v) is 5.47. The highest BCUT2D eigenvalue weighted by Crippen LogP contribution is 2.41. The molecule has 0 amide bonds. The number of aryl methyl sites for hydroxylation is 1. The summed E-state index contributed by atoms with van der Waals surface area (Å²) in [7, 11) is -3.93. The molecule has 1 heterocycles. The van der Waals surface area contributed by atoms with Gasteiger partial charge in [-0.1, -0.05) is 25.0 Å². The molecule has 0 spiro atoms. The van der Waals surface area contributed by atoms with E-state index in [4.69, 9.17) is 0 Å². The Kier molecular flexibility index (Phi) is 4.05. The van der Waals surface area contributed by atoms with Crippen LogP contribution in [-0.2, 0) is 15.6 Å². The number of nitrogens with one attached hydrogen (secondary N) is 1. The third kappa shape index (κ3) is 2.80. The molecular formula is C15H17FN2O2S2. The molecule has 1 aliphatic carbocycles. The van der Waals surface area contributed by atoms with E-state index in [0.717, 1.165) is 29.6 Å². The Morgan fingerprint density at radius 3 is 2.55 bits per heavy atom. The van der Waals surface area contributed by atoms with E-state index in [0.29, 0.717) is 12.8 Å². The number of hydrogen-bond acceptors (Lipinski definition) is 4. The number of sulfonamides is 1. The molecule has 0 radical (unpaired) electrons. The Balaban J connectivity index is 2.00. The molecule has 0 atom stereocenters. The Morgan fingerprint density at radius 2 is 1.95 bits per heavy atom. The van der Waals surface area contributed by atoms with Gasteiger partial charge in [0.15, 0.2) is 0 Å². The smallest absolute Gasteiger partial charge is 0.244 e. The van der Waals surface area contributed by atoms with Gasteiger partial charge in [-0.2, -0.15) is 4.72 Å². The number of hydrogen-bond donors (Lipinski definition) is 1. The highest BCUT2D eigenvalue weighted by molar-refractivity contribution is 7.89. The second kappa shape index (κ2) is 5.72. The lowest BCUT2D eigenvalue weighted by Gasteiger charge is -2.27. The Hall–Kier alpha value is -1.31. The summed E-state index contributed by atoms with van der Waals surface area (Å²) in [4.78, 5) is 4.15. The van der Waals surface area contributed by atoms with Gasteiger partial charge in [-0.15, -0.1) is 11.3 Å². The molecule has 118 valence electrons. The lowest BCUT2D eigenvalue weighted by atomic mass is 10.0. The van der Waals surface area contributed by atoms with Gasteiger partial charge in [0.1, 0.15) is 15.7 Å². The van der Waals surface area contributed by atoms with Gasteiger partial charge in [-0.25, -0.2) is 17.8 Å². The summed E-state index contributed by atoms with van der Waals surface area (Å²) in [6.45, 7) is 1.88. The molecule has 3 rings (SSSR count). The molecule has 22 heavy (non-hydrogen) atoms. The van der Waals surface area contributed by atoms with Crippen LogP contribution >= 0.6 is 11.3 Å². The summed E-state index contributed by atoms with van der Waals surface area (Å²) in [5.41, 5.74) is 0.163. The van der Waals surface area contributed by atoms with Crippen molar-refractivity contribution in [2.75, 3.05) is 0 Å². The quantitative estimate of drug-likeness (QED) is 0.929. The maximum Gasteiger partial charge on any atom is 0.244 e. The molecule has 4 nitrogen and oxygen atoms in total. The van der Waals surface area contributed by atoms with Gasteiger partial charge < -0.3 is 0 Å². The predicted octanol–water partition coefficient (Wildman–Crippen LogP) is 3.34. The van der Waals surface area contributed by atoms with Crippen molar-refractivity contribution in [1.29, 1.82) is 0 Å². The number of nitrogens with zero attached hydrogens (tertiary/aromatic N) is 1. The first-order valence-electron chi connectivity index (χ1n) is 7.14. The molecule has 1 saturated carbocycles. The lowest BCUT2D eigenvalue weighted by molar-refractivity contribution is 0.400. The van der Waals surface area contributed by atoms with Crippen molar-refractivity contribution >= 4 is 21.4 Å². The largest absolute Gasteiger partial charge is 0.245 e. The molecule has 2 aromatic rings. The fourth-order valence-electron chi connectivity index (χ4n) is 2.89. The second-order valence-electron chi connectivity index (χ2n) is 5.62. The molecule has 7 heteroatoms. The minimum atomic E-state index is -3.93. The zero-order valence-corrected chi connectivity index (χ0v) is 13.8. The zero-order chi connectivity index (χ0) is 15.8. The third-order valence-corrected chi connectivity index (χ3v) is 6.68. The van der Waals surface area contributed by atoms with E-state index in [1.54, 1.807) is 0 Å². The van der Waals surface area contributed by atoms with Gasteiger partial charge in [0.2, 0.25) is 10.0 Å². The molecule has 1 fully saturated rings. The van der Waals surface area contributed by atoms with Crippen LogP contribution in [0.25, 0.3) is 0 Å². The van der Waals surface area contributed by atoms with E-state index in [2.05, 4.69) is 9.71 Å². The van der Waals surface area contributed by atoms with Crippen molar-refractivity contribution in [1.82, 2.24) is 9.71 Å². The van der Waals surface area contributed by atoms with Crippen LogP contribution in [0.5, 0.6) is 0 Å². The van der Waals surface area contributed by atoms with Crippen LogP contribution in [0, 0.1) is 12.7 Å². The summed E-state index contributed by atoms with van der Waals surface area (Å²) >= 11 is 1.45. The van der Waals surface area contributed by atoms with Crippen LogP contribution in [0.2, 0.25) is 0 Å². The van der Waals surface area contributed by atoms with Gasteiger partial charge in [0.05, 0.1) is 5.54 Å². The molecule has 0 saturated heterocycles. The molecular weight excluding hydrogens is 323 g/mol. The first-order valence-corrected chi connectivity index (χ1v) is 9.50. The third-order valence-electron chi connectivity index (χ3n) is 3.94. The van der Waals surface area contributed by atoms with Crippen molar-refractivity contribution in [3.63, 3.8) is 0 Å². The van der Waals surface area contributed by atoms with Crippen LogP contribution in [-0.4, -0.2) is 13.4 Å². The number of halogens is 1. The van der Waals surface area contributed by atoms with E-state index in [9.17, 15) is 12.8 Å². The van der Waals surface area contributed by atoms with Gasteiger partial charge in [-0.05, 0) is 31.9 Å². The van der Waals surface area contributed by atoms with Crippen molar-refractivity contribution < 1.29 is 12.8 Å². The zero-order valence-electron chi connectivity index (χ0n) is 12.2. The predicted molar refractivity (Wildman–Crippen MR) is 83.7 cm³/mol. The first kappa shape index (κ1) is 15.6. The molecule has 0 bridgehead atoms. The average Bonchev–Trinajstić information content (AvgIpc) is 3.08. The van der Waals surface area contributed by atoms with E-state index in [-0.39, 0.29) is 4.90 Å². The van der Waals surface area contributed by atoms with Crippen LogP contribution in [0.1, 0.15) is 36.4 Å². The van der Waals surface area contributed by atoms with Gasteiger partial charge >= 0.3 is 0 Å². The summed E-state index contributed by atoms with van der Waals surface area (Å²) in [6, 6.07) is 5.44. The molecule has 1 aliphatic rings. The van der Waals surface area contributed by atoms with E-state index < -0.39 is 21.4 Å². The maximum absolute atomic E-state index is 13.9. The molecule has 1 aromatic carbocycles. The van der Waals surface area contributed by atoms with E-state index in [1.165, 1.54) is 29.5 Å². The Labute approximate surface area is 133 Å². The van der Waals surface area contributed by atoms with Crippen molar-refractivity contribution in [3.05, 3.63) is 46.2 Å². The van der Waals surface area contributed by atoms with Gasteiger partial charge in [-0.3, -0.25) is 0 Å². The Bertz CT molecular complexity index is 780. The molecule has 0 aliphatic heterocycles. The molecule has 0 unspecified atom stereocenters. The number of rotatable bonds is 4. The average molecular weight is 340 g/mol. The second-order valence-corrected chi connectivity index (χ2v) is 8.13. The molecule has 1 aromatic heterocycles. The Morgan fingerprint density at radius 1 is 1.27 bits per heavy atom. The van der Waals surface area contributed by atoms with Crippen molar-refractivity contribution in [3.8, 4) is 0 Å². The highest BCUT2D eigenvalue weighted by atomic mass is 32.2. The minimum Gasteiger partial charge on any atom is -0.245 e.